The molecule has 0 radical (unpaired) electrons. The maximum Gasteiger partial charge on any atom is 0.122 e. The van der Waals surface area contributed by atoms with Crippen molar-refractivity contribution in [3.63, 3.8) is 0 Å². The number of aliphatic hydroxyl groups is 2. The monoisotopic (exact) mass is 293 g/mol. The molecule has 0 bridgehead atoms. The molecule has 3 N–H and O–H groups in total. The molecule has 1 aromatic carbocycles. The molecule has 0 amide bonds. The number of ether oxygens (including phenoxy) is 1. The van der Waals surface area contributed by atoms with Crippen LogP contribution < -0.4 is 10.1 Å². The summed E-state index contributed by atoms with van der Waals surface area (Å²) >= 11 is 0. The second kappa shape index (κ2) is 7.25. The van der Waals surface area contributed by atoms with Gasteiger partial charge in [-0.25, -0.2) is 0 Å². The number of aliphatic hydroxyl groups excluding tert-OH is 2. The van der Waals surface area contributed by atoms with E-state index < -0.39 is 0 Å². The van der Waals surface area contributed by atoms with Crippen molar-refractivity contribution < 1.29 is 14.9 Å². The maximum absolute atomic E-state index is 9.90. The Balaban J connectivity index is 2.08. The Morgan fingerprint density at radius 1 is 1.29 bits per heavy atom. The molecule has 1 saturated carbocycles. The van der Waals surface area contributed by atoms with Crippen LogP contribution in [-0.4, -0.2) is 41.6 Å². The van der Waals surface area contributed by atoms with Crippen molar-refractivity contribution in [2.24, 2.45) is 5.92 Å². The highest BCUT2D eigenvalue weighted by molar-refractivity contribution is 5.33. The standard InChI is InChI=1S/C17H27NO3/c1-13(2)18-17(11-20,15-7-8-15)12-21-16-6-4-3-5-14(16)9-10-19/h3-6,13,15,18-20H,7-12H2,1-2H3. The molecule has 1 aromatic rings. The molecular weight excluding hydrogens is 266 g/mol. The van der Waals surface area contributed by atoms with Crippen LogP contribution in [0.3, 0.4) is 0 Å². The van der Waals surface area contributed by atoms with Crippen molar-refractivity contribution in [2.75, 3.05) is 19.8 Å². The van der Waals surface area contributed by atoms with Gasteiger partial charge in [0.15, 0.2) is 0 Å². The molecule has 0 aliphatic heterocycles. The smallest absolute Gasteiger partial charge is 0.122 e. The van der Waals surface area contributed by atoms with Crippen molar-refractivity contribution in [2.45, 2.75) is 44.7 Å². The minimum Gasteiger partial charge on any atom is -0.491 e. The van der Waals surface area contributed by atoms with Crippen LogP contribution >= 0.6 is 0 Å². The van der Waals surface area contributed by atoms with Gasteiger partial charge >= 0.3 is 0 Å². The summed E-state index contributed by atoms with van der Waals surface area (Å²) in [5, 5.41) is 22.5. The quantitative estimate of drug-likeness (QED) is 0.649. The molecule has 21 heavy (non-hydrogen) atoms. The summed E-state index contributed by atoms with van der Waals surface area (Å²) in [5.41, 5.74) is 0.646. The van der Waals surface area contributed by atoms with Gasteiger partial charge in [0.2, 0.25) is 0 Å². The SMILES string of the molecule is CC(C)NC(CO)(COc1ccccc1CCO)C1CC1. The van der Waals surface area contributed by atoms with Gasteiger partial charge in [-0.05, 0) is 36.8 Å². The number of para-hydroxylation sites is 1. The number of benzene rings is 1. The van der Waals surface area contributed by atoms with Crippen molar-refractivity contribution in [1.82, 2.24) is 5.32 Å². The Morgan fingerprint density at radius 3 is 2.57 bits per heavy atom. The highest BCUT2D eigenvalue weighted by Gasteiger charge is 2.45. The molecule has 0 spiro atoms. The first-order valence-electron chi connectivity index (χ1n) is 7.81. The average Bonchev–Trinajstić information content (AvgIpc) is 3.30. The van der Waals surface area contributed by atoms with Gasteiger partial charge in [-0.3, -0.25) is 0 Å². The second-order valence-corrected chi connectivity index (χ2v) is 6.26. The Morgan fingerprint density at radius 2 is 2.00 bits per heavy atom. The lowest BCUT2D eigenvalue weighted by Crippen LogP contribution is -2.57. The third kappa shape index (κ3) is 4.19. The Kier molecular flexibility index (Phi) is 5.62. The van der Waals surface area contributed by atoms with E-state index in [0.717, 1.165) is 24.2 Å². The molecule has 1 atom stereocenters. The topological polar surface area (TPSA) is 61.7 Å². The molecule has 1 aliphatic rings. The predicted molar refractivity (Wildman–Crippen MR) is 83.5 cm³/mol. The molecule has 1 fully saturated rings. The molecule has 0 heterocycles. The van der Waals surface area contributed by atoms with Crippen LogP contribution in [0, 0.1) is 5.92 Å². The molecular formula is C17H27NO3. The van der Waals surface area contributed by atoms with E-state index in [1.165, 1.54) is 0 Å². The Hall–Kier alpha value is -1.10. The van der Waals surface area contributed by atoms with Gasteiger partial charge in [-0.2, -0.15) is 0 Å². The number of nitrogens with one attached hydrogen (secondary N) is 1. The highest BCUT2D eigenvalue weighted by Crippen LogP contribution is 2.40. The molecule has 4 nitrogen and oxygen atoms in total. The molecule has 1 aliphatic carbocycles. The molecule has 0 aromatic heterocycles. The fraction of sp³-hybridized carbons (Fsp3) is 0.647. The van der Waals surface area contributed by atoms with E-state index in [9.17, 15) is 5.11 Å². The van der Waals surface area contributed by atoms with Gasteiger partial charge in [-0.15, -0.1) is 0 Å². The maximum atomic E-state index is 9.90. The summed E-state index contributed by atoms with van der Waals surface area (Å²) in [7, 11) is 0. The zero-order valence-corrected chi connectivity index (χ0v) is 13.0. The van der Waals surface area contributed by atoms with Crippen LogP contribution in [-0.2, 0) is 6.42 Å². The van der Waals surface area contributed by atoms with Crippen LogP contribution in [0.15, 0.2) is 24.3 Å². The van der Waals surface area contributed by atoms with E-state index in [1.54, 1.807) is 0 Å². The second-order valence-electron chi connectivity index (χ2n) is 6.26. The predicted octanol–water partition coefficient (Wildman–Crippen LogP) is 1.74. The van der Waals surface area contributed by atoms with Gasteiger partial charge in [0.05, 0.1) is 12.1 Å². The van der Waals surface area contributed by atoms with E-state index in [1.807, 2.05) is 24.3 Å². The van der Waals surface area contributed by atoms with E-state index in [-0.39, 0.29) is 18.8 Å². The van der Waals surface area contributed by atoms with Crippen LogP contribution in [0.4, 0.5) is 0 Å². The van der Waals surface area contributed by atoms with Crippen LogP contribution in [0.5, 0.6) is 5.75 Å². The first-order chi connectivity index (χ1) is 10.1. The van der Waals surface area contributed by atoms with Crippen molar-refractivity contribution >= 4 is 0 Å². The lowest BCUT2D eigenvalue weighted by Gasteiger charge is -2.35. The Bertz CT molecular complexity index is 445. The molecule has 0 saturated heterocycles. The van der Waals surface area contributed by atoms with Crippen LogP contribution in [0.2, 0.25) is 0 Å². The van der Waals surface area contributed by atoms with Gasteiger partial charge in [0, 0.05) is 12.6 Å². The fourth-order valence-corrected chi connectivity index (χ4v) is 2.89. The van der Waals surface area contributed by atoms with Crippen molar-refractivity contribution in [1.29, 1.82) is 0 Å². The van der Waals surface area contributed by atoms with Gasteiger partial charge < -0.3 is 20.3 Å². The zero-order chi connectivity index (χ0) is 15.3. The first kappa shape index (κ1) is 16.3. The molecule has 118 valence electrons. The average molecular weight is 293 g/mol. The van der Waals surface area contributed by atoms with Gasteiger partial charge in [0.1, 0.15) is 12.4 Å². The minimum absolute atomic E-state index is 0.0814. The van der Waals surface area contributed by atoms with Crippen molar-refractivity contribution in [3.05, 3.63) is 29.8 Å². The van der Waals surface area contributed by atoms with E-state index in [2.05, 4.69) is 19.2 Å². The normalized spacial score (nSPS) is 17.8. The van der Waals surface area contributed by atoms with Gasteiger partial charge in [0.25, 0.3) is 0 Å². The summed E-state index contributed by atoms with van der Waals surface area (Å²) < 4.78 is 6.01. The highest BCUT2D eigenvalue weighted by atomic mass is 16.5. The van der Waals surface area contributed by atoms with Crippen LogP contribution in [0.1, 0.15) is 32.3 Å². The van der Waals surface area contributed by atoms with Crippen molar-refractivity contribution in [3.8, 4) is 5.75 Å². The van der Waals surface area contributed by atoms with E-state index in [4.69, 9.17) is 9.84 Å². The summed E-state index contributed by atoms with van der Waals surface area (Å²) in [5.74, 6) is 1.28. The summed E-state index contributed by atoms with van der Waals surface area (Å²) in [6, 6.07) is 8.08. The van der Waals surface area contributed by atoms with Gasteiger partial charge in [-0.1, -0.05) is 32.0 Å². The number of rotatable bonds is 9. The molecule has 4 heteroatoms. The lowest BCUT2D eigenvalue weighted by atomic mass is 9.94. The third-order valence-electron chi connectivity index (χ3n) is 4.06. The summed E-state index contributed by atoms with van der Waals surface area (Å²) in [6.07, 6.45) is 2.87. The summed E-state index contributed by atoms with van der Waals surface area (Å²) in [4.78, 5) is 0. The van der Waals surface area contributed by atoms with E-state index in [0.29, 0.717) is 25.0 Å². The fourth-order valence-electron chi connectivity index (χ4n) is 2.89. The Labute approximate surface area is 127 Å². The zero-order valence-electron chi connectivity index (χ0n) is 13.0. The molecule has 2 rings (SSSR count). The number of hydrogen-bond acceptors (Lipinski definition) is 4. The lowest BCUT2D eigenvalue weighted by molar-refractivity contribution is 0.0773. The molecule has 1 unspecified atom stereocenters. The number of hydrogen-bond donors (Lipinski definition) is 3. The minimum atomic E-state index is -0.361. The first-order valence-corrected chi connectivity index (χ1v) is 7.81. The third-order valence-corrected chi connectivity index (χ3v) is 4.06. The van der Waals surface area contributed by atoms with E-state index >= 15 is 0 Å². The largest absolute Gasteiger partial charge is 0.491 e. The van der Waals surface area contributed by atoms with Crippen LogP contribution in [0.25, 0.3) is 0 Å². The summed E-state index contributed by atoms with van der Waals surface area (Å²) in [6.45, 7) is 4.82.